The van der Waals surface area contributed by atoms with Crippen molar-refractivity contribution in [3.8, 4) is 0 Å². The fourth-order valence-electron chi connectivity index (χ4n) is 2.82. The number of ether oxygens (including phenoxy) is 1. The molecule has 0 spiro atoms. The van der Waals surface area contributed by atoms with Gasteiger partial charge < -0.3 is 15.4 Å². The van der Waals surface area contributed by atoms with Crippen molar-refractivity contribution >= 4 is 5.91 Å². The van der Waals surface area contributed by atoms with Crippen molar-refractivity contribution in [1.82, 2.24) is 4.90 Å². The van der Waals surface area contributed by atoms with Crippen LogP contribution in [0, 0.1) is 11.8 Å². The van der Waals surface area contributed by atoms with Gasteiger partial charge in [0.25, 0.3) is 0 Å². The lowest BCUT2D eigenvalue weighted by atomic mass is 9.74. The second-order valence-electron chi connectivity index (χ2n) is 6.36. The zero-order valence-electron chi connectivity index (χ0n) is 12.9. The van der Waals surface area contributed by atoms with Gasteiger partial charge in [0.05, 0.1) is 18.6 Å². The molecule has 0 aromatic rings. The molecule has 2 N–H and O–H groups in total. The quantitative estimate of drug-likeness (QED) is 0.803. The van der Waals surface area contributed by atoms with Crippen molar-refractivity contribution in [1.29, 1.82) is 0 Å². The Hall–Kier alpha value is -0.610. The first-order chi connectivity index (χ1) is 8.90. The van der Waals surface area contributed by atoms with E-state index < -0.39 is 0 Å². The highest BCUT2D eigenvalue weighted by molar-refractivity contribution is 5.75. The minimum absolute atomic E-state index is 0.114. The van der Waals surface area contributed by atoms with Crippen LogP contribution < -0.4 is 5.73 Å². The molecular weight excluding hydrogens is 240 g/mol. The molecule has 0 atom stereocenters. The molecule has 0 unspecified atom stereocenters. The summed E-state index contributed by atoms with van der Waals surface area (Å²) in [5, 5.41) is 0. The molecule has 1 rings (SSSR count). The van der Waals surface area contributed by atoms with E-state index in [1.807, 2.05) is 0 Å². The van der Waals surface area contributed by atoms with Gasteiger partial charge in [-0.25, -0.2) is 0 Å². The number of nitrogens with zero attached hydrogens (tertiary/aromatic N) is 1. The Morgan fingerprint density at radius 2 is 1.95 bits per heavy atom. The topological polar surface area (TPSA) is 55.6 Å². The Labute approximate surface area is 117 Å². The van der Waals surface area contributed by atoms with Crippen molar-refractivity contribution in [2.75, 3.05) is 27.2 Å². The molecule has 1 fully saturated rings. The molecule has 4 heteroatoms. The van der Waals surface area contributed by atoms with Crippen LogP contribution in [0.2, 0.25) is 0 Å². The SMILES string of the molecule is CC(C)C1CCC(CN)(OCCC(=O)N(C)C)CC1. The van der Waals surface area contributed by atoms with Crippen molar-refractivity contribution in [2.24, 2.45) is 17.6 Å². The second-order valence-corrected chi connectivity index (χ2v) is 6.36. The van der Waals surface area contributed by atoms with E-state index in [1.54, 1.807) is 19.0 Å². The van der Waals surface area contributed by atoms with Gasteiger partial charge in [-0.05, 0) is 37.5 Å². The highest BCUT2D eigenvalue weighted by Gasteiger charge is 2.35. The Morgan fingerprint density at radius 3 is 2.37 bits per heavy atom. The molecule has 0 saturated heterocycles. The van der Waals surface area contributed by atoms with Gasteiger partial charge in [0, 0.05) is 20.6 Å². The van der Waals surface area contributed by atoms with Crippen LogP contribution in [0.15, 0.2) is 0 Å². The summed E-state index contributed by atoms with van der Waals surface area (Å²) in [5.74, 6) is 1.65. The molecule has 0 bridgehead atoms. The summed E-state index contributed by atoms with van der Waals surface area (Å²) in [6.45, 7) is 5.63. The zero-order chi connectivity index (χ0) is 14.5. The molecule has 1 saturated carbocycles. The van der Waals surface area contributed by atoms with E-state index >= 15 is 0 Å². The molecule has 112 valence electrons. The molecule has 0 radical (unpaired) electrons. The van der Waals surface area contributed by atoms with Crippen LogP contribution in [-0.2, 0) is 9.53 Å². The molecule has 0 heterocycles. The predicted octanol–water partition coefficient (Wildman–Crippen LogP) is 2.02. The zero-order valence-corrected chi connectivity index (χ0v) is 12.9. The normalized spacial score (nSPS) is 27.6. The molecule has 0 aliphatic heterocycles. The van der Waals surface area contributed by atoms with Crippen molar-refractivity contribution in [3.05, 3.63) is 0 Å². The summed E-state index contributed by atoms with van der Waals surface area (Å²) in [6.07, 6.45) is 4.89. The number of amides is 1. The van der Waals surface area contributed by atoms with Gasteiger partial charge in [0.15, 0.2) is 0 Å². The summed E-state index contributed by atoms with van der Waals surface area (Å²) in [6, 6.07) is 0. The number of carbonyl (C=O) groups is 1. The Balaban J connectivity index is 2.39. The summed E-state index contributed by atoms with van der Waals surface area (Å²) >= 11 is 0. The molecule has 0 aromatic carbocycles. The minimum atomic E-state index is -0.183. The van der Waals surface area contributed by atoms with Crippen LogP contribution >= 0.6 is 0 Å². The standard InChI is InChI=1S/C15H30N2O2/c1-12(2)13-5-8-15(11-16,9-6-13)19-10-7-14(18)17(3)4/h12-13H,5-11,16H2,1-4H3. The predicted molar refractivity (Wildman–Crippen MR) is 77.8 cm³/mol. The smallest absolute Gasteiger partial charge is 0.224 e. The van der Waals surface area contributed by atoms with Gasteiger partial charge >= 0.3 is 0 Å². The van der Waals surface area contributed by atoms with E-state index in [2.05, 4.69) is 13.8 Å². The van der Waals surface area contributed by atoms with E-state index in [1.165, 1.54) is 12.8 Å². The van der Waals surface area contributed by atoms with Gasteiger partial charge in [-0.2, -0.15) is 0 Å². The van der Waals surface area contributed by atoms with Crippen LogP contribution in [0.5, 0.6) is 0 Å². The minimum Gasteiger partial charge on any atom is -0.373 e. The first kappa shape index (κ1) is 16.4. The van der Waals surface area contributed by atoms with Gasteiger partial charge in [0.2, 0.25) is 5.91 Å². The molecule has 19 heavy (non-hydrogen) atoms. The Morgan fingerprint density at radius 1 is 1.37 bits per heavy atom. The number of hydrogen-bond donors (Lipinski definition) is 1. The lowest BCUT2D eigenvalue weighted by molar-refractivity contribution is -0.133. The number of carbonyl (C=O) groups excluding carboxylic acids is 1. The molecule has 1 aliphatic rings. The summed E-state index contributed by atoms with van der Waals surface area (Å²) in [5.41, 5.74) is 5.73. The van der Waals surface area contributed by atoms with Crippen molar-refractivity contribution in [3.63, 3.8) is 0 Å². The molecule has 0 aromatic heterocycles. The third kappa shape index (κ3) is 4.77. The number of rotatable bonds is 6. The first-order valence-corrected chi connectivity index (χ1v) is 7.44. The van der Waals surface area contributed by atoms with Crippen molar-refractivity contribution in [2.45, 2.75) is 51.6 Å². The maximum Gasteiger partial charge on any atom is 0.224 e. The molecule has 4 nitrogen and oxygen atoms in total. The van der Waals surface area contributed by atoms with E-state index in [4.69, 9.17) is 10.5 Å². The van der Waals surface area contributed by atoms with Gasteiger partial charge in [-0.15, -0.1) is 0 Å². The van der Waals surface area contributed by atoms with Gasteiger partial charge in [0.1, 0.15) is 0 Å². The van der Waals surface area contributed by atoms with Crippen LogP contribution in [0.3, 0.4) is 0 Å². The van der Waals surface area contributed by atoms with Crippen LogP contribution in [0.4, 0.5) is 0 Å². The largest absolute Gasteiger partial charge is 0.373 e. The maximum absolute atomic E-state index is 11.5. The second kappa shape index (κ2) is 7.25. The van der Waals surface area contributed by atoms with E-state index in [-0.39, 0.29) is 11.5 Å². The first-order valence-electron chi connectivity index (χ1n) is 7.44. The van der Waals surface area contributed by atoms with Crippen LogP contribution in [0.25, 0.3) is 0 Å². The van der Waals surface area contributed by atoms with Gasteiger partial charge in [-0.3, -0.25) is 4.79 Å². The average Bonchev–Trinajstić information content (AvgIpc) is 2.39. The van der Waals surface area contributed by atoms with Crippen LogP contribution in [0.1, 0.15) is 46.0 Å². The summed E-state index contributed by atoms with van der Waals surface area (Å²) < 4.78 is 6.00. The lowest BCUT2D eigenvalue weighted by Gasteiger charge is -2.40. The van der Waals surface area contributed by atoms with Crippen LogP contribution in [-0.4, -0.2) is 43.7 Å². The lowest BCUT2D eigenvalue weighted by Crippen LogP contribution is -2.45. The third-order valence-corrected chi connectivity index (χ3v) is 4.48. The Bertz CT molecular complexity index is 282. The number of hydrogen-bond acceptors (Lipinski definition) is 3. The molecule has 1 amide bonds. The van der Waals surface area contributed by atoms with E-state index in [0.717, 1.165) is 24.7 Å². The average molecular weight is 270 g/mol. The summed E-state index contributed by atoms with van der Waals surface area (Å²) in [4.78, 5) is 13.1. The molecular formula is C15H30N2O2. The van der Waals surface area contributed by atoms with E-state index in [9.17, 15) is 4.79 Å². The number of nitrogens with two attached hydrogens (primary N) is 1. The fraction of sp³-hybridized carbons (Fsp3) is 0.933. The third-order valence-electron chi connectivity index (χ3n) is 4.48. The van der Waals surface area contributed by atoms with E-state index in [0.29, 0.717) is 19.6 Å². The Kier molecular flexibility index (Phi) is 6.27. The fourth-order valence-corrected chi connectivity index (χ4v) is 2.82. The molecule has 1 aliphatic carbocycles. The van der Waals surface area contributed by atoms with Crippen molar-refractivity contribution < 1.29 is 9.53 Å². The maximum atomic E-state index is 11.5. The van der Waals surface area contributed by atoms with Gasteiger partial charge in [-0.1, -0.05) is 13.8 Å². The highest BCUT2D eigenvalue weighted by atomic mass is 16.5. The monoisotopic (exact) mass is 270 g/mol. The highest BCUT2D eigenvalue weighted by Crippen LogP contribution is 2.37. The summed E-state index contributed by atoms with van der Waals surface area (Å²) in [7, 11) is 3.55.